The van der Waals surface area contributed by atoms with Gasteiger partial charge in [-0.15, -0.1) is 10.2 Å². The van der Waals surface area contributed by atoms with Crippen molar-refractivity contribution in [2.24, 2.45) is 7.05 Å². The van der Waals surface area contributed by atoms with Gasteiger partial charge in [-0.2, -0.15) is 0 Å². The van der Waals surface area contributed by atoms with E-state index in [1.807, 2.05) is 14.1 Å². The molecule has 0 atom stereocenters. The zero-order valence-electron chi connectivity index (χ0n) is 15.7. The Morgan fingerprint density at radius 1 is 1.19 bits per heavy atom. The van der Waals surface area contributed by atoms with E-state index in [0.717, 1.165) is 49.8 Å². The molecule has 0 aliphatic heterocycles. The molecule has 2 heterocycles. The van der Waals surface area contributed by atoms with Crippen LogP contribution in [-0.4, -0.2) is 56.4 Å². The summed E-state index contributed by atoms with van der Waals surface area (Å²) in [5.74, 6) is 0.469. The third kappa shape index (κ3) is 3.83. The molecule has 0 saturated heterocycles. The van der Waals surface area contributed by atoms with Gasteiger partial charge in [0.2, 0.25) is 0 Å². The smallest absolute Gasteiger partial charge is 0.310 e. The molecule has 3 rings (SSSR count). The molecule has 0 amide bonds. The molecule has 9 heteroatoms. The van der Waals surface area contributed by atoms with E-state index in [-0.39, 0.29) is 17.2 Å². The zero-order valence-corrected chi connectivity index (χ0v) is 15.7. The quantitative estimate of drug-likeness (QED) is 0.695. The van der Waals surface area contributed by atoms with Crippen LogP contribution in [0, 0.1) is 0 Å². The second kappa shape index (κ2) is 8.05. The standard InChI is InChI=1S/C17H27N7O2/c1-22(2)10-6-9-18-11-13-19-14-15(21-20-13)24(12-7-4-5-8-12)17(26)23(3)16(14)25/h12,18H,4-11H2,1-3H3. The molecule has 1 aliphatic carbocycles. The molecule has 1 N–H and O–H groups in total. The summed E-state index contributed by atoms with van der Waals surface area (Å²) in [7, 11) is 5.57. The number of hydrogen-bond acceptors (Lipinski definition) is 7. The van der Waals surface area contributed by atoms with Crippen molar-refractivity contribution in [1.29, 1.82) is 0 Å². The maximum Gasteiger partial charge on any atom is 0.332 e. The zero-order chi connectivity index (χ0) is 18.7. The van der Waals surface area contributed by atoms with Crippen molar-refractivity contribution >= 4 is 11.2 Å². The summed E-state index contributed by atoms with van der Waals surface area (Å²) < 4.78 is 2.74. The van der Waals surface area contributed by atoms with Crippen molar-refractivity contribution in [2.45, 2.75) is 44.7 Å². The summed E-state index contributed by atoms with van der Waals surface area (Å²) in [6.45, 7) is 2.28. The van der Waals surface area contributed by atoms with Crippen LogP contribution < -0.4 is 16.6 Å². The average molecular weight is 361 g/mol. The highest BCUT2D eigenvalue weighted by Gasteiger charge is 2.24. The van der Waals surface area contributed by atoms with Crippen molar-refractivity contribution in [2.75, 3.05) is 27.2 Å². The molecule has 1 aliphatic rings. The molecule has 0 unspecified atom stereocenters. The van der Waals surface area contributed by atoms with Crippen molar-refractivity contribution in [3.8, 4) is 0 Å². The highest BCUT2D eigenvalue weighted by molar-refractivity contribution is 5.68. The van der Waals surface area contributed by atoms with Crippen LogP contribution in [0.2, 0.25) is 0 Å². The van der Waals surface area contributed by atoms with Gasteiger partial charge in [0.05, 0.1) is 6.54 Å². The van der Waals surface area contributed by atoms with E-state index in [1.165, 1.54) is 7.05 Å². The van der Waals surface area contributed by atoms with E-state index in [1.54, 1.807) is 4.57 Å². The molecular weight excluding hydrogens is 334 g/mol. The van der Waals surface area contributed by atoms with Crippen LogP contribution in [0.5, 0.6) is 0 Å². The molecular formula is C17H27N7O2. The first-order chi connectivity index (χ1) is 12.5. The summed E-state index contributed by atoms with van der Waals surface area (Å²) in [6, 6.07) is 0.0721. The number of aromatic nitrogens is 5. The minimum Gasteiger partial charge on any atom is -0.310 e. The maximum absolute atomic E-state index is 12.6. The molecule has 1 fully saturated rings. The summed E-state index contributed by atoms with van der Waals surface area (Å²) in [5.41, 5.74) is -0.219. The number of nitrogens with one attached hydrogen (secondary N) is 1. The van der Waals surface area contributed by atoms with Gasteiger partial charge in [0.15, 0.2) is 17.0 Å². The van der Waals surface area contributed by atoms with E-state index >= 15 is 0 Å². The van der Waals surface area contributed by atoms with E-state index < -0.39 is 5.56 Å². The van der Waals surface area contributed by atoms with Crippen LogP contribution >= 0.6 is 0 Å². The lowest BCUT2D eigenvalue weighted by molar-refractivity contribution is 0.393. The van der Waals surface area contributed by atoms with Gasteiger partial charge in [-0.3, -0.25) is 13.9 Å². The first-order valence-corrected chi connectivity index (χ1v) is 9.19. The molecule has 2 aromatic rings. The van der Waals surface area contributed by atoms with Gasteiger partial charge in [-0.05, 0) is 46.4 Å². The number of hydrogen-bond donors (Lipinski definition) is 1. The second-order valence-corrected chi connectivity index (χ2v) is 7.19. The van der Waals surface area contributed by atoms with E-state index in [9.17, 15) is 9.59 Å². The highest BCUT2D eigenvalue weighted by atomic mass is 16.2. The molecule has 9 nitrogen and oxygen atoms in total. The lowest BCUT2D eigenvalue weighted by atomic mass is 10.2. The van der Waals surface area contributed by atoms with Gasteiger partial charge >= 0.3 is 5.69 Å². The van der Waals surface area contributed by atoms with Crippen molar-refractivity contribution < 1.29 is 0 Å². The maximum atomic E-state index is 12.6. The Kier molecular flexibility index (Phi) is 5.77. The number of nitrogens with zero attached hydrogens (tertiary/aromatic N) is 6. The number of fused-ring (bicyclic) bond motifs is 1. The lowest BCUT2D eigenvalue weighted by Gasteiger charge is -2.16. The minimum atomic E-state index is -0.414. The van der Waals surface area contributed by atoms with Crippen molar-refractivity contribution in [1.82, 2.24) is 34.5 Å². The predicted octanol–water partition coefficient (Wildman–Crippen LogP) is 0.0416. The molecule has 142 valence electrons. The average Bonchev–Trinajstić information content (AvgIpc) is 3.14. The largest absolute Gasteiger partial charge is 0.332 e. The summed E-state index contributed by atoms with van der Waals surface area (Å²) in [6.07, 6.45) is 5.01. The molecule has 1 saturated carbocycles. The van der Waals surface area contributed by atoms with Gasteiger partial charge in [-0.25, -0.2) is 9.78 Å². The van der Waals surface area contributed by atoms with Crippen LogP contribution in [-0.2, 0) is 13.6 Å². The van der Waals surface area contributed by atoms with Crippen LogP contribution in [0.3, 0.4) is 0 Å². The predicted molar refractivity (Wildman–Crippen MR) is 99.2 cm³/mol. The van der Waals surface area contributed by atoms with Gasteiger partial charge < -0.3 is 10.2 Å². The van der Waals surface area contributed by atoms with Crippen molar-refractivity contribution in [3.05, 3.63) is 26.7 Å². The van der Waals surface area contributed by atoms with Gasteiger partial charge in [0.1, 0.15) is 0 Å². The van der Waals surface area contributed by atoms with Gasteiger partial charge in [-0.1, -0.05) is 12.8 Å². The Morgan fingerprint density at radius 2 is 1.92 bits per heavy atom. The minimum absolute atomic E-state index is 0.0721. The molecule has 0 bridgehead atoms. The molecule has 0 radical (unpaired) electrons. The van der Waals surface area contributed by atoms with Crippen LogP contribution in [0.25, 0.3) is 11.2 Å². The lowest BCUT2D eigenvalue weighted by Crippen LogP contribution is -2.40. The summed E-state index contributed by atoms with van der Waals surface area (Å²) in [5, 5.41) is 11.6. The molecule has 26 heavy (non-hydrogen) atoms. The fourth-order valence-electron chi connectivity index (χ4n) is 3.44. The molecule has 0 aromatic carbocycles. The van der Waals surface area contributed by atoms with Gasteiger partial charge in [0.25, 0.3) is 5.56 Å². The highest BCUT2D eigenvalue weighted by Crippen LogP contribution is 2.29. The van der Waals surface area contributed by atoms with Crippen LogP contribution in [0.4, 0.5) is 0 Å². The third-order valence-electron chi connectivity index (χ3n) is 4.87. The summed E-state index contributed by atoms with van der Waals surface area (Å²) in [4.78, 5) is 31.6. The van der Waals surface area contributed by atoms with Gasteiger partial charge in [0, 0.05) is 13.1 Å². The Hall–Kier alpha value is -2.13. The second-order valence-electron chi connectivity index (χ2n) is 7.19. The van der Waals surface area contributed by atoms with Crippen molar-refractivity contribution in [3.63, 3.8) is 0 Å². The number of rotatable bonds is 7. The first kappa shape index (κ1) is 18.7. The fourth-order valence-corrected chi connectivity index (χ4v) is 3.44. The Morgan fingerprint density at radius 3 is 2.62 bits per heavy atom. The Bertz CT molecular complexity index is 881. The summed E-state index contributed by atoms with van der Waals surface area (Å²) >= 11 is 0. The molecule has 2 aromatic heterocycles. The van der Waals surface area contributed by atoms with E-state index in [4.69, 9.17) is 0 Å². The third-order valence-corrected chi connectivity index (χ3v) is 4.87. The fraction of sp³-hybridized carbons (Fsp3) is 0.706. The van der Waals surface area contributed by atoms with Crippen LogP contribution in [0.1, 0.15) is 44.0 Å². The van der Waals surface area contributed by atoms with Crippen LogP contribution in [0.15, 0.2) is 9.59 Å². The molecule has 0 spiro atoms. The monoisotopic (exact) mass is 361 g/mol. The normalized spacial score (nSPS) is 15.4. The van der Waals surface area contributed by atoms with E-state index in [2.05, 4.69) is 25.4 Å². The SMILES string of the molecule is CN(C)CCCNCc1nnc2c(n1)c(=O)n(C)c(=O)n2C1CCCC1. The Balaban J connectivity index is 1.87. The Labute approximate surface area is 152 Å². The first-order valence-electron chi connectivity index (χ1n) is 9.19. The van der Waals surface area contributed by atoms with E-state index in [0.29, 0.717) is 18.0 Å². The topological polar surface area (TPSA) is 97.9 Å².